The highest BCUT2D eigenvalue weighted by Crippen LogP contribution is 2.25. The maximum absolute atomic E-state index is 11.8. The van der Waals surface area contributed by atoms with E-state index in [1.807, 2.05) is 19.9 Å². The number of rotatable bonds is 5. The predicted octanol–water partition coefficient (Wildman–Crippen LogP) is 3.30. The Morgan fingerprint density at radius 3 is 2.61 bits per heavy atom. The number of hydrogen-bond donors (Lipinski definition) is 2. The van der Waals surface area contributed by atoms with Crippen molar-refractivity contribution < 1.29 is 4.79 Å². The lowest BCUT2D eigenvalue weighted by Crippen LogP contribution is -2.41. The molecule has 0 saturated carbocycles. The van der Waals surface area contributed by atoms with E-state index in [0.29, 0.717) is 16.5 Å². The van der Waals surface area contributed by atoms with Crippen molar-refractivity contribution >= 4 is 29.1 Å². The van der Waals surface area contributed by atoms with Crippen LogP contribution in [0.4, 0.5) is 0 Å². The van der Waals surface area contributed by atoms with Crippen LogP contribution in [-0.2, 0) is 4.79 Å². The summed E-state index contributed by atoms with van der Waals surface area (Å²) in [5, 5.41) is 3.84. The third-order valence-corrected chi connectivity index (χ3v) is 3.48. The van der Waals surface area contributed by atoms with E-state index in [9.17, 15) is 4.79 Å². The Hall–Kier alpha value is -0.770. The van der Waals surface area contributed by atoms with Gasteiger partial charge >= 0.3 is 0 Å². The maximum atomic E-state index is 11.8. The second-order valence-corrected chi connectivity index (χ2v) is 5.11. The van der Waals surface area contributed by atoms with Crippen LogP contribution in [-0.4, -0.2) is 11.9 Å². The Morgan fingerprint density at radius 2 is 2.06 bits per heavy atom. The van der Waals surface area contributed by atoms with Gasteiger partial charge in [0.25, 0.3) is 0 Å². The van der Waals surface area contributed by atoms with Crippen LogP contribution in [0, 0.1) is 0 Å². The van der Waals surface area contributed by atoms with E-state index >= 15 is 0 Å². The predicted molar refractivity (Wildman–Crippen MR) is 75.9 cm³/mol. The van der Waals surface area contributed by atoms with Crippen molar-refractivity contribution in [2.45, 2.75) is 38.8 Å². The Labute approximate surface area is 118 Å². The second kappa shape index (κ2) is 6.98. The first-order valence-electron chi connectivity index (χ1n) is 5.96. The summed E-state index contributed by atoms with van der Waals surface area (Å²) in [6, 6.07) is 4.70. The number of benzene rings is 1. The van der Waals surface area contributed by atoms with E-state index in [-0.39, 0.29) is 11.9 Å². The van der Waals surface area contributed by atoms with Crippen molar-refractivity contribution in [2.75, 3.05) is 0 Å². The summed E-state index contributed by atoms with van der Waals surface area (Å²) in [4.78, 5) is 11.8. The van der Waals surface area contributed by atoms with Gasteiger partial charge in [-0.25, -0.2) is 0 Å². The molecule has 0 spiro atoms. The average molecular weight is 289 g/mol. The number of hydrogen-bond acceptors (Lipinski definition) is 2. The molecule has 5 heteroatoms. The van der Waals surface area contributed by atoms with Crippen LogP contribution >= 0.6 is 23.2 Å². The molecule has 1 aromatic rings. The van der Waals surface area contributed by atoms with Crippen molar-refractivity contribution in [3.8, 4) is 0 Å². The van der Waals surface area contributed by atoms with E-state index in [1.165, 1.54) is 0 Å². The molecule has 100 valence electrons. The van der Waals surface area contributed by atoms with Gasteiger partial charge in [0, 0.05) is 0 Å². The van der Waals surface area contributed by atoms with Gasteiger partial charge in [0.15, 0.2) is 0 Å². The molecule has 1 rings (SSSR count). The van der Waals surface area contributed by atoms with Gasteiger partial charge in [0.1, 0.15) is 0 Å². The summed E-state index contributed by atoms with van der Waals surface area (Å²) >= 11 is 11.8. The van der Waals surface area contributed by atoms with Crippen LogP contribution in [0.1, 0.15) is 38.3 Å². The molecular weight excluding hydrogens is 271 g/mol. The minimum Gasteiger partial charge on any atom is -0.348 e. The fraction of sp³-hybridized carbons (Fsp3) is 0.462. The molecule has 0 radical (unpaired) electrons. The molecule has 18 heavy (non-hydrogen) atoms. The van der Waals surface area contributed by atoms with Gasteiger partial charge in [-0.1, -0.05) is 42.6 Å². The maximum Gasteiger partial charge on any atom is 0.237 e. The summed E-state index contributed by atoms with van der Waals surface area (Å²) in [5.41, 5.74) is 6.65. The smallest absolute Gasteiger partial charge is 0.237 e. The number of carbonyl (C=O) groups excluding carboxylic acids is 1. The minimum absolute atomic E-state index is 0.143. The molecule has 0 fully saturated rings. The SMILES string of the molecule is CCCC(N)C(=O)NC(C)c1ccc(Cl)c(Cl)c1. The molecular formula is C13H18Cl2N2O. The van der Waals surface area contributed by atoms with E-state index in [0.717, 1.165) is 12.0 Å². The fourth-order valence-electron chi connectivity index (χ4n) is 1.63. The Balaban J connectivity index is 2.67. The highest BCUT2D eigenvalue weighted by Gasteiger charge is 2.16. The first-order chi connectivity index (χ1) is 8.45. The highest BCUT2D eigenvalue weighted by molar-refractivity contribution is 6.42. The number of halogens is 2. The van der Waals surface area contributed by atoms with E-state index < -0.39 is 6.04 Å². The zero-order valence-corrected chi connectivity index (χ0v) is 12.1. The molecule has 0 aliphatic heterocycles. The highest BCUT2D eigenvalue weighted by atomic mass is 35.5. The first-order valence-corrected chi connectivity index (χ1v) is 6.72. The largest absolute Gasteiger partial charge is 0.348 e. The van der Waals surface area contributed by atoms with Crippen molar-refractivity contribution in [1.29, 1.82) is 0 Å². The zero-order valence-electron chi connectivity index (χ0n) is 10.5. The molecule has 3 N–H and O–H groups in total. The van der Waals surface area contributed by atoms with E-state index in [4.69, 9.17) is 28.9 Å². The zero-order chi connectivity index (χ0) is 13.7. The molecule has 2 unspecified atom stereocenters. The third-order valence-electron chi connectivity index (χ3n) is 2.74. The van der Waals surface area contributed by atoms with E-state index in [2.05, 4.69) is 5.32 Å². The van der Waals surface area contributed by atoms with Crippen molar-refractivity contribution in [1.82, 2.24) is 5.32 Å². The van der Waals surface area contributed by atoms with Gasteiger partial charge in [0.05, 0.1) is 22.1 Å². The Bertz CT molecular complexity index is 423. The number of carbonyl (C=O) groups is 1. The Kier molecular flexibility index (Phi) is 5.93. The average Bonchev–Trinajstić information content (AvgIpc) is 2.32. The molecule has 1 amide bonds. The van der Waals surface area contributed by atoms with Crippen molar-refractivity contribution in [3.05, 3.63) is 33.8 Å². The Morgan fingerprint density at radius 1 is 1.39 bits per heavy atom. The van der Waals surface area contributed by atoms with Crippen LogP contribution in [0.3, 0.4) is 0 Å². The molecule has 0 aromatic heterocycles. The van der Waals surface area contributed by atoms with Crippen LogP contribution in [0.2, 0.25) is 10.0 Å². The molecule has 3 nitrogen and oxygen atoms in total. The summed E-state index contributed by atoms with van der Waals surface area (Å²) < 4.78 is 0. The number of nitrogens with one attached hydrogen (secondary N) is 1. The van der Waals surface area contributed by atoms with Crippen LogP contribution < -0.4 is 11.1 Å². The number of nitrogens with two attached hydrogens (primary N) is 1. The summed E-state index contributed by atoms with van der Waals surface area (Å²) in [5.74, 6) is -0.143. The summed E-state index contributed by atoms with van der Waals surface area (Å²) in [6.45, 7) is 3.88. The van der Waals surface area contributed by atoms with Gasteiger partial charge in [-0.2, -0.15) is 0 Å². The molecule has 0 aliphatic rings. The normalized spacial score (nSPS) is 14.1. The quantitative estimate of drug-likeness (QED) is 0.873. The standard InChI is InChI=1S/C13H18Cl2N2O/c1-3-4-12(16)13(18)17-8(2)9-5-6-10(14)11(15)7-9/h5-8,12H,3-4,16H2,1-2H3,(H,17,18). The lowest BCUT2D eigenvalue weighted by atomic mass is 10.1. The second-order valence-electron chi connectivity index (χ2n) is 4.30. The van der Waals surface area contributed by atoms with Gasteiger partial charge < -0.3 is 11.1 Å². The van der Waals surface area contributed by atoms with Gasteiger partial charge in [-0.05, 0) is 31.0 Å². The summed E-state index contributed by atoms with van der Waals surface area (Å²) in [7, 11) is 0. The molecule has 0 aliphatic carbocycles. The summed E-state index contributed by atoms with van der Waals surface area (Å²) in [6.07, 6.45) is 1.57. The number of amides is 1. The van der Waals surface area contributed by atoms with Crippen molar-refractivity contribution in [3.63, 3.8) is 0 Å². The fourth-order valence-corrected chi connectivity index (χ4v) is 1.93. The van der Waals surface area contributed by atoms with Gasteiger partial charge in [-0.15, -0.1) is 0 Å². The topological polar surface area (TPSA) is 55.1 Å². The molecule has 0 bridgehead atoms. The third kappa shape index (κ3) is 4.16. The minimum atomic E-state index is -0.458. The molecule has 0 saturated heterocycles. The van der Waals surface area contributed by atoms with Crippen LogP contribution in [0.5, 0.6) is 0 Å². The molecule has 0 heterocycles. The van der Waals surface area contributed by atoms with Gasteiger partial charge in [0.2, 0.25) is 5.91 Å². The van der Waals surface area contributed by atoms with Crippen LogP contribution in [0.25, 0.3) is 0 Å². The monoisotopic (exact) mass is 288 g/mol. The lowest BCUT2D eigenvalue weighted by molar-refractivity contribution is -0.123. The molecule has 1 aromatic carbocycles. The van der Waals surface area contributed by atoms with Crippen molar-refractivity contribution in [2.24, 2.45) is 5.73 Å². The first kappa shape index (κ1) is 15.3. The molecule has 2 atom stereocenters. The van der Waals surface area contributed by atoms with Crippen LogP contribution in [0.15, 0.2) is 18.2 Å². The lowest BCUT2D eigenvalue weighted by Gasteiger charge is -2.18. The van der Waals surface area contributed by atoms with Gasteiger partial charge in [-0.3, -0.25) is 4.79 Å². The van der Waals surface area contributed by atoms with E-state index in [1.54, 1.807) is 12.1 Å².